The maximum absolute atomic E-state index is 13.9. The van der Waals surface area contributed by atoms with Crippen LogP contribution in [0.1, 0.15) is 17.0 Å². The molecule has 2 aromatic carbocycles. The van der Waals surface area contributed by atoms with Crippen molar-refractivity contribution in [1.29, 1.82) is 0 Å². The molecule has 0 radical (unpaired) electrons. The number of rotatable bonds is 4. The van der Waals surface area contributed by atoms with E-state index in [1.54, 1.807) is 18.2 Å². The summed E-state index contributed by atoms with van der Waals surface area (Å²) in [5, 5.41) is 8.09. The Kier molecular flexibility index (Phi) is 4.90. The lowest BCUT2D eigenvalue weighted by molar-refractivity contribution is 0.227. The first-order valence-electron chi connectivity index (χ1n) is 9.22. The van der Waals surface area contributed by atoms with Crippen molar-refractivity contribution in [1.82, 2.24) is 15.1 Å². The third kappa shape index (κ3) is 3.71. The average Bonchev–Trinajstić information content (AvgIpc) is 3.13. The summed E-state index contributed by atoms with van der Waals surface area (Å²) in [7, 11) is 0. The highest BCUT2D eigenvalue weighted by atomic mass is 19.1. The molecule has 0 spiro atoms. The van der Waals surface area contributed by atoms with E-state index in [0.29, 0.717) is 18.0 Å². The van der Waals surface area contributed by atoms with E-state index < -0.39 is 0 Å². The number of anilines is 1. The first-order valence-corrected chi connectivity index (χ1v) is 9.22. The Balaban J connectivity index is 1.39. The van der Waals surface area contributed by atoms with E-state index in [0.717, 1.165) is 26.2 Å². The number of halogens is 1. The fourth-order valence-corrected chi connectivity index (χ4v) is 3.48. The van der Waals surface area contributed by atoms with Gasteiger partial charge < -0.3 is 9.32 Å². The Morgan fingerprint density at radius 3 is 2.52 bits per heavy atom. The second-order valence-corrected chi connectivity index (χ2v) is 6.96. The van der Waals surface area contributed by atoms with Crippen LogP contribution in [-0.4, -0.2) is 41.3 Å². The minimum atomic E-state index is -0.352. The molecule has 0 saturated carbocycles. The highest BCUT2D eigenvalue weighted by Crippen LogP contribution is 2.25. The lowest BCUT2D eigenvalue weighted by atomic mass is 10.1. The molecule has 1 fully saturated rings. The van der Waals surface area contributed by atoms with E-state index in [1.807, 2.05) is 0 Å². The largest absolute Gasteiger partial charge is 0.419 e. The number of aromatic nitrogens is 2. The molecule has 1 saturated heterocycles. The maximum Gasteiger partial charge on any atom is 0.250 e. The van der Waals surface area contributed by atoms with Crippen molar-refractivity contribution in [2.24, 2.45) is 0 Å². The first kappa shape index (κ1) is 17.7. The Labute approximate surface area is 158 Å². The van der Waals surface area contributed by atoms with Gasteiger partial charge in [-0.2, -0.15) is 0 Å². The lowest BCUT2D eigenvalue weighted by Gasteiger charge is -2.36. The number of benzene rings is 2. The van der Waals surface area contributed by atoms with Gasteiger partial charge in [0.2, 0.25) is 5.89 Å². The van der Waals surface area contributed by atoms with Crippen molar-refractivity contribution in [3.8, 4) is 11.5 Å². The summed E-state index contributed by atoms with van der Waals surface area (Å²) in [5.74, 6) is 0.403. The van der Waals surface area contributed by atoms with Gasteiger partial charge in [-0.05, 0) is 43.2 Å². The molecule has 0 aliphatic carbocycles. The normalized spacial score (nSPS) is 15.3. The molecule has 0 atom stereocenters. The number of hydrogen-bond acceptors (Lipinski definition) is 5. The standard InChI is InChI=1S/C21H23FN4O/c1-15-6-5-9-19(16(15)2)26-12-10-25(11-13-26)14-20-23-24-21(27-20)17-7-3-4-8-18(17)22/h3-9H,10-14H2,1-2H3. The monoisotopic (exact) mass is 366 g/mol. The minimum Gasteiger partial charge on any atom is -0.419 e. The molecule has 1 aromatic heterocycles. The van der Waals surface area contributed by atoms with Crippen LogP contribution in [0, 0.1) is 19.7 Å². The SMILES string of the molecule is Cc1cccc(N2CCN(Cc3nnc(-c4ccccc4F)o3)CC2)c1C. The highest BCUT2D eigenvalue weighted by molar-refractivity contribution is 5.56. The van der Waals surface area contributed by atoms with Crippen LogP contribution in [0.4, 0.5) is 10.1 Å². The Bertz CT molecular complexity index is 931. The summed E-state index contributed by atoms with van der Waals surface area (Å²) >= 11 is 0. The Hall–Kier alpha value is -2.73. The van der Waals surface area contributed by atoms with Crippen molar-refractivity contribution in [3.63, 3.8) is 0 Å². The van der Waals surface area contributed by atoms with Gasteiger partial charge >= 0.3 is 0 Å². The minimum absolute atomic E-state index is 0.233. The van der Waals surface area contributed by atoms with E-state index in [2.05, 4.69) is 52.0 Å². The molecule has 5 nitrogen and oxygen atoms in total. The topological polar surface area (TPSA) is 45.4 Å². The summed E-state index contributed by atoms with van der Waals surface area (Å²) in [6.45, 7) is 8.67. The van der Waals surface area contributed by atoms with Crippen molar-refractivity contribution in [2.45, 2.75) is 20.4 Å². The molecule has 0 amide bonds. The summed E-state index contributed by atoms with van der Waals surface area (Å²) in [5.41, 5.74) is 4.32. The van der Waals surface area contributed by atoms with Gasteiger partial charge in [0.05, 0.1) is 12.1 Å². The van der Waals surface area contributed by atoms with Crippen molar-refractivity contribution < 1.29 is 8.81 Å². The molecular weight excluding hydrogens is 343 g/mol. The zero-order valence-electron chi connectivity index (χ0n) is 15.7. The molecular formula is C21H23FN4O. The molecule has 0 bridgehead atoms. The van der Waals surface area contributed by atoms with Crippen LogP contribution in [0.3, 0.4) is 0 Å². The summed E-state index contributed by atoms with van der Waals surface area (Å²) < 4.78 is 19.5. The molecule has 1 aliphatic heterocycles. The summed E-state index contributed by atoms with van der Waals surface area (Å²) in [6, 6.07) is 12.9. The van der Waals surface area contributed by atoms with Crippen molar-refractivity contribution >= 4 is 5.69 Å². The second-order valence-electron chi connectivity index (χ2n) is 6.96. The van der Waals surface area contributed by atoms with Gasteiger partial charge in [0, 0.05) is 31.9 Å². The molecule has 4 rings (SSSR count). The third-order valence-electron chi connectivity index (χ3n) is 5.22. The fraction of sp³-hybridized carbons (Fsp3) is 0.333. The van der Waals surface area contributed by atoms with E-state index >= 15 is 0 Å². The van der Waals surface area contributed by atoms with Crippen LogP contribution in [0.15, 0.2) is 46.9 Å². The van der Waals surface area contributed by atoms with Gasteiger partial charge in [-0.1, -0.05) is 24.3 Å². The Morgan fingerprint density at radius 1 is 0.963 bits per heavy atom. The van der Waals surface area contributed by atoms with Gasteiger partial charge in [0.25, 0.3) is 5.89 Å². The number of hydrogen-bond donors (Lipinski definition) is 0. The second kappa shape index (κ2) is 7.48. The molecule has 3 aromatic rings. The molecule has 1 aliphatic rings. The average molecular weight is 366 g/mol. The van der Waals surface area contributed by atoms with Gasteiger partial charge in [-0.15, -0.1) is 10.2 Å². The van der Waals surface area contributed by atoms with E-state index in [1.165, 1.54) is 22.9 Å². The zero-order chi connectivity index (χ0) is 18.8. The highest BCUT2D eigenvalue weighted by Gasteiger charge is 2.21. The third-order valence-corrected chi connectivity index (χ3v) is 5.22. The number of nitrogens with zero attached hydrogens (tertiary/aromatic N) is 4. The zero-order valence-corrected chi connectivity index (χ0v) is 15.7. The van der Waals surface area contributed by atoms with Gasteiger partial charge in [-0.25, -0.2) is 4.39 Å². The molecule has 6 heteroatoms. The predicted octanol–water partition coefficient (Wildman–Crippen LogP) is 3.81. The van der Waals surface area contributed by atoms with Crippen LogP contribution in [0.5, 0.6) is 0 Å². The first-order chi connectivity index (χ1) is 13.1. The van der Waals surface area contributed by atoms with Crippen LogP contribution in [0.25, 0.3) is 11.5 Å². The van der Waals surface area contributed by atoms with Crippen LogP contribution in [-0.2, 0) is 6.54 Å². The van der Waals surface area contributed by atoms with E-state index in [-0.39, 0.29) is 11.7 Å². The molecule has 140 valence electrons. The number of aryl methyl sites for hydroxylation is 1. The van der Waals surface area contributed by atoms with E-state index in [9.17, 15) is 4.39 Å². The molecule has 0 unspecified atom stereocenters. The molecule has 2 heterocycles. The van der Waals surface area contributed by atoms with Gasteiger partial charge in [0.15, 0.2) is 0 Å². The summed E-state index contributed by atoms with van der Waals surface area (Å²) in [6.07, 6.45) is 0. The quantitative estimate of drug-likeness (QED) is 0.702. The van der Waals surface area contributed by atoms with Crippen LogP contribution < -0.4 is 4.90 Å². The lowest BCUT2D eigenvalue weighted by Crippen LogP contribution is -2.46. The molecule has 27 heavy (non-hydrogen) atoms. The number of piperazine rings is 1. The van der Waals surface area contributed by atoms with Gasteiger partial charge in [0.1, 0.15) is 5.82 Å². The maximum atomic E-state index is 13.9. The fourth-order valence-electron chi connectivity index (χ4n) is 3.48. The van der Waals surface area contributed by atoms with E-state index in [4.69, 9.17) is 4.42 Å². The Morgan fingerprint density at radius 2 is 1.74 bits per heavy atom. The van der Waals surface area contributed by atoms with Crippen molar-refractivity contribution in [2.75, 3.05) is 31.1 Å². The van der Waals surface area contributed by atoms with Crippen molar-refractivity contribution in [3.05, 3.63) is 65.3 Å². The molecule has 0 N–H and O–H groups in total. The van der Waals surface area contributed by atoms with Gasteiger partial charge in [-0.3, -0.25) is 4.90 Å². The van der Waals surface area contributed by atoms with Crippen LogP contribution >= 0.6 is 0 Å². The summed E-state index contributed by atoms with van der Waals surface area (Å²) in [4.78, 5) is 4.72. The smallest absolute Gasteiger partial charge is 0.250 e. The van der Waals surface area contributed by atoms with Crippen LogP contribution in [0.2, 0.25) is 0 Å². The predicted molar refractivity (Wildman–Crippen MR) is 103 cm³/mol.